The van der Waals surface area contributed by atoms with Crippen LogP contribution in [-0.2, 0) is 90.1 Å². The quantitative estimate of drug-likeness (QED) is 0.0741. The van der Waals surface area contributed by atoms with Crippen LogP contribution in [0.5, 0.6) is 23.0 Å². The number of Topliss-reactive ketones (excluding diaryl/α,β-unsaturated/α-hetero) is 2. The number of carbonyl (C=O) groups is 6. The number of ketones is 2. The van der Waals surface area contributed by atoms with Crippen LogP contribution in [0.3, 0.4) is 0 Å². The number of esters is 2. The second-order valence-corrected chi connectivity index (χ2v) is 32.8. The van der Waals surface area contributed by atoms with Gasteiger partial charge in [-0.05, 0) is 197 Å². The summed E-state index contributed by atoms with van der Waals surface area (Å²) in [4.78, 5) is 85.0. The molecule has 102 heavy (non-hydrogen) atoms. The zero-order chi connectivity index (χ0) is 73.2. The lowest BCUT2D eigenvalue weighted by atomic mass is 9.75. The van der Waals surface area contributed by atoms with Gasteiger partial charge in [-0.2, -0.15) is 0 Å². The second kappa shape index (κ2) is 31.8. The third-order valence-electron chi connectivity index (χ3n) is 20.2. The van der Waals surface area contributed by atoms with Gasteiger partial charge >= 0.3 is 24.1 Å². The van der Waals surface area contributed by atoms with E-state index in [1.54, 1.807) is 48.5 Å². The molecule has 2 amide bonds. The van der Waals surface area contributed by atoms with E-state index in [1.165, 1.54) is 9.80 Å². The standard InChI is InChI=1S/2C41H47Cl2NO7/c2*1-23(2)31-13-7-24(3)15-37(31)50-39(46)34-18-27-17-28-19-35(45)38(49-36(28)20-29(27)21-44(34)40(47)51-41(4,5)6)26-9-11-30(12-10-26)48-22-25-8-14-32(42)33(43)16-25/h2*8-12,14,16-17,20,23-24,31,34,37-38H,7,13,15,18-19,21-22H2,1-6H3/t24-,31+,34+,37-,38+;24-,31+,34+,37-,38-/m11/s1. The minimum atomic E-state index is -0.846. The van der Waals surface area contributed by atoms with Gasteiger partial charge in [0.2, 0.25) is 0 Å². The van der Waals surface area contributed by atoms with Crippen molar-refractivity contribution in [3.05, 3.63) is 185 Å². The summed E-state index contributed by atoms with van der Waals surface area (Å²) >= 11 is 24.3. The summed E-state index contributed by atoms with van der Waals surface area (Å²) in [6.45, 7) is 24.9. The topological polar surface area (TPSA) is 183 Å². The molecular formula is C82H94Cl4N2O14. The molecule has 0 unspecified atom stereocenters. The summed E-state index contributed by atoms with van der Waals surface area (Å²) in [6.07, 6.45) is 3.66. The van der Waals surface area contributed by atoms with Crippen LogP contribution < -0.4 is 18.9 Å². The van der Waals surface area contributed by atoms with Gasteiger partial charge in [0.05, 0.1) is 33.2 Å². The summed E-state index contributed by atoms with van der Waals surface area (Å²) in [7, 11) is 0. The highest BCUT2D eigenvalue weighted by Gasteiger charge is 2.45. The Kier molecular flexibility index (Phi) is 23.6. The molecule has 2 fully saturated rings. The lowest BCUT2D eigenvalue weighted by Gasteiger charge is -2.40. The van der Waals surface area contributed by atoms with E-state index < -0.39 is 59.6 Å². The molecule has 12 rings (SSSR count). The van der Waals surface area contributed by atoms with E-state index in [1.807, 2.05) is 102 Å². The lowest BCUT2D eigenvalue weighted by molar-refractivity contribution is -0.163. The Bertz CT molecular complexity index is 3830. The number of amides is 2. The van der Waals surface area contributed by atoms with Gasteiger partial charge in [0.15, 0.2) is 23.8 Å². The van der Waals surface area contributed by atoms with Gasteiger partial charge in [0.25, 0.3) is 0 Å². The normalized spacial score (nSPS) is 23.2. The number of halogens is 4. The molecule has 544 valence electrons. The van der Waals surface area contributed by atoms with Gasteiger partial charge in [-0.25, -0.2) is 19.2 Å². The molecule has 6 aromatic carbocycles. The van der Waals surface area contributed by atoms with E-state index in [0.29, 0.717) is 91.1 Å². The van der Waals surface area contributed by atoms with Gasteiger partial charge in [0.1, 0.15) is 71.7 Å². The highest BCUT2D eigenvalue weighted by Crippen LogP contribution is 2.43. The van der Waals surface area contributed by atoms with Crippen molar-refractivity contribution in [2.45, 2.75) is 221 Å². The molecule has 0 aromatic heterocycles. The Hall–Kier alpha value is -7.50. The highest BCUT2D eigenvalue weighted by molar-refractivity contribution is 6.42. The van der Waals surface area contributed by atoms with Gasteiger partial charge in [-0.15, -0.1) is 0 Å². The van der Waals surface area contributed by atoms with Crippen LogP contribution in [0.4, 0.5) is 9.59 Å². The largest absolute Gasteiger partial charge is 0.489 e. The fraction of sp³-hybridized carbons (Fsp3) is 0.488. The van der Waals surface area contributed by atoms with Crippen molar-refractivity contribution in [3.63, 3.8) is 0 Å². The first-order valence-electron chi connectivity index (χ1n) is 35.7. The molecule has 4 aliphatic heterocycles. The molecule has 20 heteroatoms. The number of ether oxygens (including phenoxy) is 8. The van der Waals surface area contributed by atoms with Crippen LogP contribution in [0, 0.1) is 35.5 Å². The van der Waals surface area contributed by atoms with Gasteiger partial charge < -0.3 is 37.9 Å². The molecular weight excluding hydrogens is 1380 g/mol. The number of benzene rings is 6. The third kappa shape index (κ3) is 18.5. The van der Waals surface area contributed by atoms with Gasteiger partial charge in [0, 0.05) is 47.9 Å². The SMILES string of the molecule is CC(C)[C@@H]1CC[C@@H](C)C[C@H]1OC(=O)[C@@H]1Cc2cc3c(cc2CN1C(=O)OC(C)(C)C)O[C@@H](c1ccc(OCc2ccc(Cl)c(Cl)c2)cc1)C(=O)C3.CC(C)[C@@H]1CC[C@@H](C)C[C@H]1OC(=O)[C@@H]1Cc2cc3c(cc2CN1C(=O)OC(C)(C)C)O[C@H](c1ccc(OCc2ccc(Cl)c(Cl)c2)cc1)C(=O)C3. The molecule has 4 heterocycles. The van der Waals surface area contributed by atoms with E-state index in [4.69, 9.17) is 84.3 Å². The van der Waals surface area contributed by atoms with E-state index >= 15 is 0 Å². The Morgan fingerprint density at radius 1 is 0.480 bits per heavy atom. The van der Waals surface area contributed by atoms with E-state index in [0.717, 1.165) is 83.0 Å². The monoisotopic (exact) mass is 1470 g/mol. The fourth-order valence-corrected chi connectivity index (χ4v) is 15.4. The molecule has 0 N–H and O–H groups in total. The van der Waals surface area contributed by atoms with E-state index in [2.05, 4.69) is 41.5 Å². The summed E-state index contributed by atoms with van der Waals surface area (Å²) in [5.74, 6) is 3.71. The zero-order valence-electron chi connectivity index (χ0n) is 60.3. The number of nitrogens with zero attached hydrogens (tertiary/aromatic N) is 2. The molecule has 0 saturated heterocycles. The third-order valence-corrected chi connectivity index (χ3v) is 21.7. The molecule has 6 aliphatic rings. The average Bonchev–Trinajstić information content (AvgIpc) is 0.765. The average molecular weight is 1470 g/mol. The minimum absolute atomic E-state index is 0.0692. The summed E-state index contributed by atoms with van der Waals surface area (Å²) in [5.41, 5.74) is 6.68. The maximum absolute atomic E-state index is 14.0. The lowest BCUT2D eigenvalue weighted by Crippen LogP contribution is -2.52. The summed E-state index contributed by atoms with van der Waals surface area (Å²) < 4.78 is 48.6. The molecule has 0 spiro atoms. The van der Waals surface area contributed by atoms with Crippen molar-refractivity contribution in [2.75, 3.05) is 0 Å². The van der Waals surface area contributed by atoms with Crippen LogP contribution >= 0.6 is 46.4 Å². The second-order valence-electron chi connectivity index (χ2n) is 31.2. The zero-order valence-corrected chi connectivity index (χ0v) is 63.4. The number of hydrogen-bond acceptors (Lipinski definition) is 14. The number of rotatable bonds is 14. The van der Waals surface area contributed by atoms with E-state index in [9.17, 15) is 28.8 Å². The first-order chi connectivity index (χ1) is 48.3. The Morgan fingerprint density at radius 2 is 0.853 bits per heavy atom. The molecule has 16 nitrogen and oxygen atoms in total. The minimum Gasteiger partial charge on any atom is -0.489 e. The van der Waals surface area contributed by atoms with Gasteiger partial charge in [-0.3, -0.25) is 19.4 Å². The van der Waals surface area contributed by atoms with Crippen molar-refractivity contribution in [1.82, 2.24) is 9.80 Å². The predicted octanol–water partition coefficient (Wildman–Crippen LogP) is 19.0. The molecule has 10 atom stereocenters. The number of carbonyl (C=O) groups excluding carboxylic acids is 6. The predicted molar refractivity (Wildman–Crippen MR) is 393 cm³/mol. The molecule has 2 saturated carbocycles. The number of hydrogen-bond donors (Lipinski definition) is 0. The van der Waals surface area contributed by atoms with Crippen molar-refractivity contribution >= 4 is 82.1 Å². The first-order valence-corrected chi connectivity index (χ1v) is 37.2. The molecule has 0 radical (unpaired) electrons. The maximum Gasteiger partial charge on any atom is 0.411 e. The first kappa shape index (κ1) is 75.7. The van der Waals surface area contributed by atoms with Crippen molar-refractivity contribution in [1.29, 1.82) is 0 Å². The Labute approximate surface area is 619 Å². The van der Waals surface area contributed by atoms with Crippen molar-refractivity contribution in [2.24, 2.45) is 35.5 Å². The Morgan fingerprint density at radius 3 is 1.20 bits per heavy atom. The van der Waals surface area contributed by atoms with Gasteiger partial charge in [-0.1, -0.05) is 149 Å². The van der Waals surface area contributed by atoms with Crippen LogP contribution in [0.15, 0.2) is 109 Å². The summed E-state index contributed by atoms with van der Waals surface area (Å²) in [5, 5.41) is 1.90. The fourth-order valence-electron chi connectivity index (χ4n) is 14.8. The van der Waals surface area contributed by atoms with E-state index in [-0.39, 0.29) is 74.4 Å². The molecule has 6 aromatic rings. The molecule has 0 bridgehead atoms. The van der Waals surface area contributed by atoms with Crippen molar-refractivity contribution in [3.8, 4) is 23.0 Å². The van der Waals surface area contributed by atoms with Crippen molar-refractivity contribution < 1.29 is 66.7 Å². The highest BCUT2D eigenvalue weighted by atomic mass is 35.5. The van der Waals surface area contributed by atoms with Crippen LogP contribution in [-0.4, -0.2) is 81.0 Å². The summed E-state index contributed by atoms with van der Waals surface area (Å²) in [6, 6.07) is 31.2. The number of fused-ring (bicyclic) bond motifs is 4. The maximum atomic E-state index is 14.0. The Balaban J connectivity index is 0.000000205. The smallest absolute Gasteiger partial charge is 0.411 e. The van der Waals surface area contributed by atoms with Crippen LogP contribution in [0.2, 0.25) is 20.1 Å². The molecule has 2 aliphatic carbocycles. The van der Waals surface area contributed by atoms with Crippen LogP contribution in [0.25, 0.3) is 0 Å². The van der Waals surface area contributed by atoms with Crippen LogP contribution in [0.1, 0.15) is 189 Å².